The zero-order chi connectivity index (χ0) is 19.2. The van der Waals surface area contributed by atoms with E-state index in [1.807, 2.05) is 79.7 Å². The summed E-state index contributed by atoms with van der Waals surface area (Å²) in [6.45, 7) is 2.46. The molecule has 4 heteroatoms. The van der Waals surface area contributed by atoms with Crippen LogP contribution in [0, 0.1) is 18.3 Å². The second-order valence-corrected chi connectivity index (χ2v) is 7.46. The van der Waals surface area contributed by atoms with Gasteiger partial charge in [0.25, 0.3) is 0 Å². The molecule has 0 aliphatic heterocycles. The summed E-state index contributed by atoms with van der Waals surface area (Å²) in [7, 11) is 0. The van der Waals surface area contributed by atoms with Gasteiger partial charge in [-0.2, -0.15) is 5.26 Å². The summed E-state index contributed by atoms with van der Waals surface area (Å²) < 4.78 is 6.84. The Kier molecular flexibility index (Phi) is 6.34. The van der Waals surface area contributed by atoms with E-state index in [4.69, 9.17) is 16.3 Å². The third kappa shape index (κ3) is 5.23. The molecule has 0 saturated heterocycles. The highest BCUT2D eigenvalue weighted by Crippen LogP contribution is 2.28. The first kappa shape index (κ1) is 19.2. The number of benzene rings is 3. The topological polar surface area (TPSA) is 33.0 Å². The van der Waals surface area contributed by atoms with Crippen molar-refractivity contribution in [2.24, 2.45) is 0 Å². The maximum absolute atomic E-state index is 9.48. The van der Waals surface area contributed by atoms with Gasteiger partial charge in [0.2, 0.25) is 0 Å². The first-order chi connectivity index (χ1) is 13.0. The summed E-state index contributed by atoms with van der Waals surface area (Å²) in [4.78, 5) is 0. The van der Waals surface area contributed by atoms with Crippen LogP contribution < -0.4 is 4.74 Å². The predicted octanol–water partition coefficient (Wildman–Crippen LogP) is 7.05. The van der Waals surface area contributed by atoms with E-state index in [2.05, 4.69) is 22.0 Å². The minimum absolute atomic E-state index is 0.439. The number of aryl methyl sites for hydroxylation is 1. The van der Waals surface area contributed by atoms with E-state index in [0.717, 1.165) is 26.7 Å². The Balaban J connectivity index is 1.76. The lowest BCUT2D eigenvalue weighted by Crippen LogP contribution is -1.96. The molecule has 3 rings (SSSR count). The molecule has 3 aromatic rings. The molecule has 0 heterocycles. The highest BCUT2D eigenvalue weighted by molar-refractivity contribution is 9.10. The van der Waals surface area contributed by atoms with Gasteiger partial charge >= 0.3 is 0 Å². The average molecular weight is 439 g/mol. The monoisotopic (exact) mass is 437 g/mol. The fourth-order valence-corrected chi connectivity index (χ4v) is 3.05. The van der Waals surface area contributed by atoms with Crippen LogP contribution in [0.5, 0.6) is 5.75 Å². The van der Waals surface area contributed by atoms with Crippen LogP contribution >= 0.6 is 27.5 Å². The maximum atomic E-state index is 9.48. The van der Waals surface area contributed by atoms with Crippen molar-refractivity contribution in [3.05, 3.63) is 98.5 Å². The van der Waals surface area contributed by atoms with E-state index >= 15 is 0 Å². The van der Waals surface area contributed by atoms with Gasteiger partial charge in [0.05, 0.1) is 16.7 Å². The van der Waals surface area contributed by atoms with Crippen molar-refractivity contribution in [3.63, 3.8) is 0 Å². The van der Waals surface area contributed by atoms with E-state index in [9.17, 15) is 5.26 Å². The summed E-state index contributed by atoms with van der Waals surface area (Å²) in [6, 6.07) is 23.6. The highest BCUT2D eigenvalue weighted by atomic mass is 79.9. The van der Waals surface area contributed by atoms with Crippen molar-refractivity contribution in [1.82, 2.24) is 0 Å². The largest absolute Gasteiger partial charge is 0.487 e. The van der Waals surface area contributed by atoms with Crippen molar-refractivity contribution in [1.29, 1.82) is 5.26 Å². The van der Waals surface area contributed by atoms with Crippen LogP contribution in [0.1, 0.15) is 22.3 Å². The summed E-state index contributed by atoms with van der Waals surface area (Å²) in [5.74, 6) is 0.616. The molecule has 0 bridgehead atoms. The van der Waals surface area contributed by atoms with Gasteiger partial charge in [0.15, 0.2) is 0 Å². The predicted molar refractivity (Wildman–Crippen MR) is 115 cm³/mol. The molecule has 0 spiro atoms. The SMILES string of the molecule is Cc1ccc(/C(C#N)=C/c2ccc(OCc3ccc(Br)cc3)c(Cl)c2)cc1. The van der Waals surface area contributed by atoms with E-state index in [1.165, 1.54) is 0 Å². The van der Waals surface area contributed by atoms with Gasteiger partial charge in [-0.05, 0) is 54.0 Å². The molecule has 0 aromatic heterocycles. The number of hydrogen-bond donors (Lipinski definition) is 0. The summed E-state index contributed by atoms with van der Waals surface area (Å²) >= 11 is 9.79. The third-order valence-electron chi connectivity index (χ3n) is 4.06. The van der Waals surface area contributed by atoms with Gasteiger partial charge in [-0.3, -0.25) is 0 Å². The minimum atomic E-state index is 0.439. The van der Waals surface area contributed by atoms with Gasteiger partial charge in [-0.15, -0.1) is 0 Å². The Hall–Kier alpha value is -2.54. The van der Waals surface area contributed by atoms with Gasteiger partial charge in [0.1, 0.15) is 12.4 Å². The van der Waals surface area contributed by atoms with Crippen LogP contribution in [0.4, 0.5) is 0 Å². The van der Waals surface area contributed by atoms with Crippen LogP contribution in [0.3, 0.4) is 0 Å². The summed E-state index contributed by atoms with van der Waals surface area (Å²) in [6.07, 6.45) is 1.83. The van der Waals surface area contributed by atoms with Crippen LogP contribution in [0.2, 0.25) is 5.02 Å². The number of rotatable bonds is 5. The number of allylic oxidation sites excluding steroid dienone is 1. The number of halogens is 2. The second-order valence-electron chi connectivity index (χ2n) is 6.14. The van der Waals surface area contributed by atoms with E-state index in [0.29, 0.717) is 23.0 Å². The molecule has 0 saturated carbocycles. The lowest BCUT2D eigenvalue weighted by molar-refractivity contribution is 0.306. The second kappa shape index (κ2) is 8.90. The highest BCUT2D eigenvalue weighted by Gasteiger charge is 2.06. The van der Waals surface area contributed by atoms with Gasteiger partial charge in [0, 0.05) is 4.47 Å². The van der Waals surface area contributed by atoms with Gasteiger partial charge in [-0.25, -0.2) is 0 Å². The molecule has 2 nitrogen and oxygen atoms in total. The Morgan fingerprint density at radius 1 is 1.07 bits per heavy atom. The van der Waals surface area contributed by atoms with Crippen molar-refractivity contribution >= 4 is 39.2 Å². The molecular weight excluding hydrogens is 422 g/mol. The Labute approximate surface area is 172 Å². The Bertz CT molecular complexity index is 1000. The van der Waals surface area contributed by atoms with E-state index in [1.54, 1.807) is 0 Å². The Morgan fingerprint density at radius 3 is 2.41 bits per heavy atom. The van der Waals surface area contributed by atoms with Crippen LogP contribution in [-0.2, 0) is 6.61 Å². The molecule has 0 amide bonds. The molecule has 134 valence electrons. The lowest BCUT2D eigenvalue weighted by atomic mass is 10.0. The number of nitriles is 1. The molecule has 0 N–H and O–H groups in total. The molecular formula is C23H17BrClNO. The molecule has 3 aromatic carbocycles. The fourth-order valence-electron chi connectivity index (χ4n) is 2.55. The van der Waals surface area contributed by atoms with Crippen LogP contribution in [0.25, 0.3) is 11.6 Å². The van der Waals surface area contributed by atoms with E-state index in [-0.39, 0.29) is 0 Å². The molecule has 0 aliphatic carbocycles. The van der Waals surface area contributed by atoms with Crippen molar-refractivity contribution < 1.29 is 4.74 Å². The van der Waals surface area contributed by atoms with Gasteiger partial charge in [-0.1, -0.05) is 75.6 Å². The maximum Gasteiger partial charge on any atom is 0.138 e. The lowest BCUT2D eigenvalue weighted by Gasteiger charge is -2.09. The first-order valence-corrected chi connectivity index (χ1v) is 9.58. The number of ether oxygens (including phenoxy) is 1. The number of hydrogen-bond acceptors (Lipinski definition) is 2. The quantitative estimate of drug-likeness (QED) is 0.316. The summed E-state index contributed by atoms with van der Waals surface area (Å²) in [5.41, 5.74) is 4.55. The van der Waals surface area contributed by atoms with Crippen molar-refractivity contribution in [2.75, 3.05) is 0 Å². The van der Waals surface area contributed by atoms with Crippen LogP contribution in [-0.4, -0.2) is 0 Å². The standard InChI is InChI=1S/C23H17BrClNO/c1-16-2-7-19(8-3-16)20(14-26)12-18-6-11-23(22(25)13-18)27-15-17-4-9-21(24)10-5-17/h2-13H,15H2,1H3/b20-12+. The average Bonchev–Trinajstić information content (AvgIpc) is 2.67. The zero-order valence-corrected chi connectivity index (χ0v) is 17.1. The first-order valence-electron chi connectivity index (χ1n) is 8.41. The molecule has 0 fully saturated rings. The third-order valence-corrected chi connectivity index (χ3v) is 4.88. The van der Waals surface area contributed by atoms with Gasteiger partial charge < -0.3 is 4.74 Å². The molecule has 0 atom stereocenters. The minimum Gasteiger partial charge on any atom is -0.487 e. The van der Waals surface area contributed by atoms with Crippen LogP contribution in [0.15, 0.2) is 71.2 Å². The van der Waals surface area contributed by atoms with Crippen molar-refractivity contribution in [3.8, 4) is 11.8 Å². The van der Waals surface area contributed by atoms with E-state index < -0.39 is 0 Å². The molecule has 0 unspecified atom stereocenters. The van der Waals surface area contributed by atoms with Crippen molar-refractivity contribution in [2.45, 2.75) is 13.5 Å². The zero-order valence-electron chi connectivity index (χ0n) is 14.7. The number of nitrogens with zero attached hydrogens (tertiary/aromatic N) is 1. The molecule has 0 radical (unpaired) electrons. The normalized spacial score (nSPS) is 11.1. The summed E-state index contributed by atoms with van der Waals surface area (Å²) in [5, 5.41) is 10.0. The Morgan fingerprint density at radius 2 is 1.78 bits per heavy atom. The smallest absolute Gasteiger partial charge is 0.138 e. The molecule has 0 aliphatic rings. The molecule has 27 heavy (non-hydrogen) atoms. The fraction of sp³-hybridized carbons (Fsp3) is 0.0870.